The highest BCUT2D eigenvalue weighted by molar-refractivity contribution is 5.84. The molecule has 43 heavy (non-hydrogen) atoms. The molecule has 4 rings (SSSR count). The number of carbonyl (C=O) groups is 1. The van der Waals surface area contributed by atoms with E-state index in [1.807, 2.05) is 31.2 Å². The highest BCUT2D eigenvalue weighted by Gasteiger charge is 2.20. The number of para-hydroxylation sites is 1. The first-order valence-corrected chi connectivity index (χ1v) is 13.9. The van der Waals surface area contributed by atoms with Gasteiger partial charge in [-0.3, -0.25) is 4.79 Å². The molecule has 226 valence electrons. The Morgan fingerprint density at radius 3 is 2.21 bits per heavy atom. The van der Waals surface area contributed by atoms with Crippen LogP contribution in [0.3, 0.4) is 0 Å². The van der Waals surface area contributed by atoms with Crippen LogP contribution < -0.4 is 24.5 Å². The molecule has 0 aliphatic rings. The average Bonchev–Trinajstić information content (AvgIpc) is 2.98. The van der Waals surface area contributed by atoms with Crippen molar-refractivity contribution in [1.82, 2.24) is 9.66 Å². The smallest absolute Gasteiger partial charge is 0.344 e. The number of aromatic nitrogens is 2. The Morgan fingerprint density at radius 2 is 1.60 bits per heavy atom. The molecule has 1 aromatic heterocycles. The normalized spacial score (nSPS) is 11.4. The molecular formula is C33H37N3O7. The molecule has 0 aliphatic heterocycles. The van der Waals surface area contributed by atoms with Crippen LogP contribution in [0, 0.1) is 6.92 Å². The number of ether oxygens (including phenoxy) is 5. The minimum absolute atomic E-state index is 0.173. The fraction of sp³-hybridized carbons (Fsp3) is 0.333. The van der Waals surface area contributed by atoms with Crippen molar-refractivity contribution in [3.05, 3.63) is 75.6 Å². The molecule has 10 nitrogen and oxygen atoms in total. The summed E-state index contributed by atoms with van der Waals surface area (Å²) >= 11 is 0. The lowest BCUT2D eigenvalue weighted by molar-refractivity contribution is -0.149. The van der Waals surface area contributed by atoms with Crippen molar-refractivity contribution in [3.63, 3.8) is 0 Å². The van der Waals surface area contributed by atoms with Gasteiger partial charge in [0.15, 0.2) is 23.9 Å². The van der Waals surface area contributed by atoms with Crippen molar-refractivity contribution in [1.29, 1.82) is 0 Å². The van der Waals surface area contributed by atoms with E-state index in [1.54, 1.807) is 45.2 Å². The van der Waals surface area contributed by atoms with Gasteiger partial charge in [0.05, 0.1) is 44.6 Å². The van der Waals surface area contributed by atoms with Gasteiger partial charge in [0.2, 0.25) is 5.75 Å². The number of hydrogen-bond donors (Lipinski definition) is 0. The molecule has 4 aromatic rings. The lowest BCUT2D eigenvalue weighted by atomic mass is 9.96. The number of rotatable bonds is 11. The third-order valence-electron chi connectivity index (χ3n) is 6.70. The van der Waals surface area contributed by atoms with Gasteiger partial charge < -0.3 is 23.7 Å². The summed E-state index contributed by atoms with van der Waals surface area (Å²) in [6.45, 7) is 9.30. The molecule has 0 saturated carbocycles. The Labute approximate surface area is 250 Å². The van der Waals surface area contributed by atoms with Crippen molar-refractivity contribution in [2.24, 2.45) is 5.10 Å². The molecule has 0 bridgehead atoms. The van der Waals surface area contributed by atoms with Gasteiger partial charge >= 0.3 is 5.97 Å². The van der Waals surface area contributed by atoms with Gasteiger partial charge in [0.1, 0.15) is 5.75 Å². The molecule has 1 heterocycles. The van der Waals surface area contributed by atoms with Gasteiger partial charge in [-0.15, -0.1) is 0 Å². The van der Waals surface area contributed by atoms with Crippen LogP contribution in [-0.2, 0) is 9.53 Å². The molecule has 0 aliphatic carbocycles. The van der Waals surface area contributed by atoms with Crippen LogP contribution in [-0.4, -0.2) is 55.9 Å². The predicted molar refractivity (Wildman–Crippen MR) is 166 cm³/mol. The van der Waals surface area contributed by atoms with Crippen LogP contribution >= 0.6 is 0 Å². The van der Waals surface area contributed by atoms with Crippen LogP contribution in [0.4, 0.5) is 0 Å². The first kappa shape index (κ1) is 31.1. The van der Waals surface area contributed by atoms with Gasteiger partial charge in [0.25, 0.3) is 5.56 Å². The standard InChI is InChI=1S/C33H37N3O7/c1-19(2)24-16-25(21(5)13-27(24)39-6)32-35-26-12-10-9-11-23(26)33(38)36(32)34-17-22-14-28(40-7)31(29(15-22)41-8)42-18-30(37)43-20(3)4/h9-17,19-20H,18H2,1-8H3. The lowest BCUT2D eigenvalue weighted by Gasteiger charge is -2.17. The second-order valence-electron chi connectivity index (χ2n) is 10.5. The fourth-order valence-electron chi connectivity index (χ4n) is 4.64. The van der Waals surface area contributed by atoms with Gasteiger partial charge in [-0.2, -0.15) is 9.78 Å². The molecule has 0 atom stereocenters. The molecule has 0 spiro atoms. The number of benzene rings is 3. The zero-order chi connectivity index (χ0) is 31.3. The summed E-state index contributed by atoms with van der Waals surface area (Å²) < 4.78 is 28.8. The van der Waals surface area contributed by atoms with Gasteiger partial charge in [-0.1, -0.05) is 26.0 Å². The van der Waals surface area contributed by atoms with Gasteiger partial charge in [-0.05, 0) is 74.2 Å². The minimum Gasteiger partial charge on any atom is -0.496 e. The van der Waals surface area contributed by atoms with E-state index in [9.17, 15) is 9.59 Å². The summed E-state index contributed by atoms with van der Waals surface area (Å²) in [5.41, 5.74) is 3.44. The number of carbonyl (C=O) groups excluding carboxylic acids is 1. The summed E-state index contributed by atoms with van der Waals surface area (Å²) in [5, 5.41) is 5.04. The molecule has 10 heteroatoms. The van der Waals surface area contributed by atoms with E-state index in [0.717, 1.165) is 22.4 Å². The predicted octanol–water partition coefficient (Wildman–Crippen LogP) is 5.73. The second-order valence-corrected chi connectivity index (χ2v) is 10.5. The number of nitrogens with zero attached hydrogens (tertiary/aromatic N) is 3. The summed E-state index contributed by atoms with van der Waals surface area (Å²) in [6.07, 6.45) is 1.25. The van der Waals surface area contributed by atoms with E-state index in [-0.39, 0.29) is 29.9 Å². The van der Waals surface area contributed by atoms with E-state index in [4.69, 9.17) is 28.7 Å². The van der Waals surface area contributed by atoms with Crippen LogP contribution in [0.1, 0.15) is 50.3 Å². The number of fused-ring (bicyclic) bond motifs is 1. The molecule has 0 fully saturated rings. The summed E-state index contributed by atoms with van der Waals surface area (Å²) in [7, 11) is 4.60. The van der Waals surface area contributed by atoms with E-state index in [1.165, 1.54) is 25.1 Å². The van der Waals surface area contributed by atoms with Crippen molar-refractivity contribution >= 4 is 23.1 Å². The van der Waals surface area contributed by atoms with Crippen LogP contribution in [0.15, 0.2) is 58.4 Å². The van der Waals surface area contributed by atoms with E-state index >= 15 is 0 Å². The highest BCUT2D eigenvalue weighted by atomic mass is 16.6. The molecule has 0 amide bonds. The number of methoxy groups -OCH3 is 3. The average molecular weight is 588 g/mol. The Hall–Kier alpha value is -4.86. The monoisotopic (exact) mass is 587 g/mol. The third kappa shape index (κ3) is 6.80. The van der Waals surface area contributed by atoms with Crippen LogP contribution in [0.5, 0.6) is 23.0 Å². The molecule has 0 radical (unpaired) electrons. The minimum atomic E-state index is -0.519. The molecular weight excluding hydrogens is 550 g/mol. The Bertz CT molecular complexity index is 1700. The largest absolute Gasteiger partial charge is 0.496 e. The highest BCUT2D eigenvalue weighted by Crippen LogP contribution is 2.38. The zero-order valence-corrected chi connectivity index (χ0v) is 25.8. The first-order chi connectivity index (χ1) is 20.6. The van der Waals surface area contributed by atoms with Gasteiger partial charge in [-0.25, -0.2) is 9.78 Å². The maximum absolute atomic E-state index is 13.8. The second kappa shape index (κ2) is 13.4. The summed E-state index contributed by atoms with van der Waals surface area (Å²) in [5.74, 6) is 1.69. The number of aryl methyl sites for hydroxylation is 1. The summed E-state index contributed by atoms with van der Waals surface area (Å²) in [4.78, 5) is 30.7. The zero-order valence-electron chi connectivity index (χ0n) is 25.8. The molecule has 3 aromatic carbocycles. The Kier molecular flexibility index (Phi) is 9.70. The lowest BCUT2D eigenvalue weighted by Crippen LogP contribution is -2.21. The third-order valence-corrected chi connectivity index (χ3v) is 6.70. The van der Waals surface area contributed by atoms with E-state index in [2.05, 4.69) is 18.9 Å². The molecule has 0 saturated heterocycles. The van der Waals surface area contributed by atoms with Crippen molar-refractivity contribution in [3.8, 4) is 34.4 Å². The maximum atomic E-state index is 13.8. The Balaban J connectivity index is 1.84. The topological polar surface area (TPSA) is 110 Å². The van der Waals surface area contributed by atoms with Crippen molar-refractivity contribution in [2.45, 2.75) is 46.6 Å². The first-order valence-electron chi connectivity index (χ1n) is 13.9. The van der Waals surface area contributed by atoms with Gasteiger partial charge in [0, 0.05) is 11.1 Å². The van der Waals surface area contributed by atoms with E-state index < -0.39 is 5.97 Å². The van der Waals surface area contributed by atoms with Crippen LogP contribution in [0.2, 0.25) is 0 Å². The number of esters is 1. The fourth-order valence-corrected chi connectivity index (χ4v) is 4.64. The molecule has 0 N–H and O–H groups in total. The Morgan fingerprint density at radius 1 is 0.953 bits per heavy atom. The van der Waals surface area contributed by atoms with E-state index in [0.29, 0.717) is 33.8 Å². The summed E-state index contributed by atoms with van der Waals surface area (Å²) in [6, 6.07) is 14.5. The van der Waals surface area contributed by atoms with Crippen molar-refractivity contribution in [2.75, 3.05) is 27.9 Å². The quantitative estimate of drug-likeness (QED) is 0.162. The SMILES string of the molecule is COc1cc(C)c(-c2nc3ccccc3c(=O)n2N=Cc2cc(OC)c(OCC(=O)OC(C)C)c(OC)c2)cc1C(C)C. The maximum Gasteiger partial charge on any atom is 0.344 e. The number of hydrogen-bond acceptors (Lipinski definition) is 9. The molecule has 0 unspecified atom stereocenters. The van der Waals surface area contributed by atoms with Crippen LogP contribution in [0.25, 0.3) is 22.3 Å². The van der Waals surface area contributed by atoms with Crippen molar-refractivity contribution < 1.29 is 28.5 Å².